The minimum atomic E-state index is 0.889. The largest absolute Gasteiger partial charge is 0.309 e. The molecule has 0 fully saturated rings. The zero-order valence-corrected chi connectivity index (χ0v) is 29.4. The van der Waals surface area contributed by atoms with Crippen LogP contribution in [0.25, 0.3) is 99.4 Å². The minimum Gasteiger partial charge on any atom is -0.309 e. The van der Waals surface area contributed by atoms with Crippen molar-refractivity contribution < 1.29 is 0 Å². The molecule has 3 heteroatoms. The second kappa shape index (κ2) is 12.2. The minimum absolute atomic E-state index is 0.889. The molecule has 0 amide bonds. The molecule has 0 bridgehead atoms. The van der Waals surface area contributed by atoms with E-state index in [1.165, 1.54) is 48.9 Å². The summed E-state index contributed by atoms with van der Waals surface area (Å²) >= 11 is 0. The van der Waals surface area contributed by atoms with Crippen LogP contribution >= 0.6 is 0 Å². The van der Waals surface area contributed by atoms with E-state index in [0.29, 0.717) is 0 Å². The molecule has 0 aliphatic heterocycles. The Kier molecular flexibility index (Phi) is 6.86. The molecule has 0 radical (unpaired) electrons. The molecule has 0 spiro atoms. The van der Waals surface area contributed by atoms with Gasteiger partial charge in [-0.3, -0.25) is 4.57 Å². The molecule has 3 nitrogen and oxygen atoms in total. The Morgan fingerprint density at radius 2 is 0.852 bits per heavy atom. The molecule has 0 aliphatic carbocycles. The number of rotatable bonds is 5. The van der Waals surface area contributed by atoms with Crippen molar-refractivity contribution in [3.8, 4) is 45.0 Å². The first-order valence-electron chi connectivity index (χ1n) is 18.5. The Bertz CT molecular complexity index is 3080. The molecule has 0 saturated heterocycles. The Balaban J connectivity index is 1.21. The molecule has 0 aliphatic rings. The fraction of sp³-hybridized carbons (Fsp3) is 0. The van der Waals surface area contributed by atoms with Gasteiger partial charge in [0.2, 0.25) is 0 Å². The number of nitrogens with zero attached hydrogens (tertiary/aromatic N) is 3. The maximum Gasteiger partial charge on any atom is 0.138 e. The van der Waals surface area contributed by atoms with Gasteiger partial charge in [0.15, 0.2) is 0 Å². The Morgan fingerprint density at radius 3 is 1.50 bits per heavy atom. The molecule has 252 valence electrons. The number of pyridine rings is 1. The van der Waals surface area contributed by atoms with Crippen LogP contribution < -0.4 is 0 Å². The van der Waals surface area contributed by atoms with Crippen molar-refractivity contribution >= 4 is 54.4 Å². The van der Waals surface area contributed by atoms with Crippen molar-refractivity contribution in [3.63, 3.8) is 0 Å². The number of fused-ring (bicyclic) bond motifs is 7. The van der Waals surface area contributed by atoms with Crippen molar-refractivity contribution in [1.29, 1.82) is 0 Å². The predicted molar refractivity (Wildman–Crippen MR) is 227 cm³/mol. The van der Waals surface area contributed by atoms with Gasteiger partial charge < -0.3 is 4.57 Å². The van der Waals surface area contributed by atoms with Gasteiger partial charge in [-0.05, 0) is 76.0 Å². The molecule has 11 aromatic rings. The van der Waals surface area contributed by atoms with Gasteiger partial charge in [0.05, 0.1) is 27.8 Å². The summed E-state index contributed by atoms with van der Waals surface area (Å²) < 4.78 is 4.78. The van der Waals surface area contributed by atoms with Crippen LogP contribution in [0.2, 0.25) is 0 Å². The summed E-state index contributed by atoms with van der Waals surface area (Å²) in [5.74, 6) is 0.889. The summed E-state index contributed by atoms with van der Waals surface area (Å²) in [6, 6.07) is 72.0. The van der Waals surface area contributed by atoms with Crippen LogP contribution in [0.5, 0.6) is 0 Å². The van der Waals surface area contributed by atoms with Crippen molar-refractivity contribution in [3.05, 3.63) is 200 Å². The third kappa shape index (κ3) is 4.72. The first-order chi connectivity index (χ1) is 26.8. The quantitative estimate of drug-likeness (QED) is 0.177. The molecule has 0 saturated carbocycles. The first-order valence-corrected chi connectivity index (χ1v) is 18.5. The highest BCUT2D eigenvalue weighted by molar-refractivity contribution is 6.21. The molecule has 0 unspecified atom stereocenters. The lowest BCUT2D eigenvalue weighted by Crippen LogP contribution is -2.01. The van der Waals surface area contributed by atoms with Gasteiger partial charge in [-0.2, -0.15) is 0 Å². The number of hydrogen-bond donors (Lipinski definition) is 0. The van der Waals surface area contributed by atoms with Crippen LogP contribution in [0.15, 0.2) is 200 Å². The van der Waals surface area contributed by atoms with Crippen LogP contribution in [-0.4, -0.2) is 14.1 Å². The zero-order chi connectivity index (χ0) is 35.6. The van der Waals surface area contributed by atoms with Crippen molar-refractivity contribution in [2.24, 2.45) is 0 Å². The van der Waals surface area contributed by atoms with E-state index in [0.717, 1.165) is 50.5 Å². The predicted octanol–water partition coefficient (Wildman–Crippen LogP) is 13.4. The molecule has 11 rings (SSSR count). The second-order valence-electron chi connectivity index (χ2n) is 14.0. The molecular weight excluding hydrogens is 655 g/mol. The lowest BCUT2D eigenvalue weighted by molar-refractivity contribution is 1.09. The third-order valence-corrected chi connectivity index (χ3v) is 10.9. The monoisotopic (exact) mass is 687 g/mol. The third-order valence-electron chi connectivity index (χ3n) is 10.9. The van der Waals surface area contributed by atoms with Gasteiger partial charge >= 0.3 is 0 Å². The van der Waals surface area contributed by atoms with E-state index < -0.39 is 0 Å². The highest BCUT2D eigenvalue weighted by atomic mass is 15.1. The molecular formula is C51H33N3. The number of hydrogen-bond acceptors (Lipinski definition) is 1. The van der Waals surface area contributed by atoms with E-state index in [4.69, 9.17) is 4.98 Å². The summed E-state index contributed by atoms with van der Waals surface area (Å²) in [6.45, 7) is 0. The zero-order valence-electron chi connectivity index (χ0n) is 29.4. The van der Waals surface area contributed by atoms with E-state index in [1.54, 1.807) is 0 Å². The second-order valence-corrected chi connectivity index (χ2v) is 14.0. The van der Waals surface area contributed by atoms with Crippen LogP contribution in [0.4, 0.5) is 0 Å². The summed E-state index contributed by atoms with van der Waals surface area (Å²) in [5, 5.41) is 7.36. The van der Waals surface area contributed by atoms with Gasteiger partial charge in [-0.1, -0.05) is 152 Å². The molecule has 54 heavy (non-hydrogen) atoms. The lowest BCUT2D eigenvalue weighted by Gasteiger charge is -2.16. The van der Waals surface area contributed by atoms with Crippen molar-refractivity contribution in [2.75, 3.05) is 0 Å². The first kappa shape index (κ1) is 30.4. The highest BCUT2D eigenvalue weighted by Gasteiger charge is 2.21. The van der Waals surface area contributed by atoms with Crippen LogP contribution in [0, 0.1) is 0 Å². The van der Waals surface area contributed by atoms with E-state index >= 15 is 0 Å². The summed E-state index contributed by atoms with van der Waals surface area (Å²) in [7, 11) is 0. The molecule has 0 N–H and O–H groups in total. The summed E-state index contributed by atoms with van der Waals surface area (Å²) in [5.41, 5.74) is 12.5. The van der Waals surface area contributed by atoms with Crippen LogP contribution in [0.1, 0.15) is 0 Å². The maximum atomic E-state index is 5.45. The van der Waals surface area contributed by atoms with Gasteiger partial charge in [0, 0.05) is 38.4 Å². The highest BCUT2D eigenvalue weighted by Crippen LogP contribution is 2.43. The lowest BCUT2D eigenvalue weighted by atomic mass is 9.94. The Morgan fingerprint density at radius 1 is 0.333 bits per heavy atom. The average molecular weight is 688 g/mol. The van der Waals surface area contributed by atoms with Crippen LogP contribution in [-0.2, 0) is 0 Å². The van der Waals surface area contributed by atoms with E-state index in [9.17, 15) is 0 Å². The Labute approximate surface area is 312 Å². The molecule has 3 heterocycles. The van der Waals surface area contributed by atoms with Crippen LogP contribution in [0.3, 0.4) is 0 Å². The van der Waals surface area contributed by atoms with Gasteiger partial charge in [-0.15, -0.1) is 0 Å². The molecule has 0 atom stereocenters. The normalized spacial score (nSPS) is 11.7. The van der Waals surface area contributed by atoms with Gasteiger partial charge in [-0.25, -0.2) is 4.98 Å². The number of benzene rings is 8. The molecule has 8 aromatic carbocycles. The van der Waals surface area contributed by atoms with E-state index in [1.807, 2.05) is 0 Å². The van der Waals surface area contributed by atoms with Gasteiger partial charge in [0.25, 0.3) is 0 Å². The maximum absolute atomic E-state index is 5.45. The van der Waals surface area contributed by atoms with E-state index in [2.05, 4.69) is 209 Å². The van der Waals surface area contributed by atoms with E-state index in [-0.39, 0.29) is 0 Å². The smallest absolute Gasteiger partial charge is 0.138 e. The fourth-order valence-corrected chi connectivity index (χ4v) is 8.48. The van der Waals surface area contributed by atoms with Crippen molar-refractivity contribution in [2.45, 2.75) is 0 Å². The summed E-state index contributed by atoms with van der Waals surface area (Å²) in [4.78, 5) is 5.45. The SMILES string of the molecule is c1ccc(-c2cc(-c3ccccc3)nc(-n3c4ccccc4c4cc5ccccc5c(-c5ccc(-n6c7ccccc7c7ccccc76)cc5)c43)c2)cc1. The van der Waals surface area contributed by atoms with Gasteiger partial charge in [0.1, 0.15) is 5.82 Å². The fourth-order valence-electron chi connectivity index (χ4n) is 8.48. The number of aromatic nitrogens is 3. The Hall–Kier alpha value is -7.23. The topological polar surface area (TPSA) is 22.8 Å². The summed E-state index contributed by atoms with van der Waals surface area (Å²) in [6.07, 6.45) is 0. The van der Waals surface area contributed by atoms with Crippen molar-refractivity contribution in [1.82, 2.24) is 14.1 Å². The average Bonchev–Trinajstić information content (AvgIpc) is 3.76. The molecule has 3 aromatic heterocycles. The standard InChI is InChI=1S/C51H33N3/c1-3-15-34(16-4-1)38-32-45(35-17-5-2-6-18-35)52-49(33-38)54-48-26-14-11-23-43(48)44-31-37-19-7-8-20-40(37)50(51(44)54)36-27-29-39(30-28-36)53-46-24-12-9-21-41(46)42-22-10-13-25-47(42)53/h1-33H. The number of para-hydroxylation sites is 3.